The molecule has 154 valence electrons. The molecule has 0 aliphatic carbocycles. The first-order valence-electron chi connectivity index (χ1n) is 8.81. The molecular weight excluding hydrogens is 408 g/mol. The highest BCUT2D eigenvalue weighted by Crippen LogP contribution is 2.16. The van der Waals surface area contributed by atoms with Crippen molar-refractivity contribution < 1.29 is 27.5 Å². The van der Waals surface area contributed by atoms with Crippen molar-refractivity contribution in [1.29, 1.82) is 0 Å². The SMILES string of the molecule is CC(C)[C@H](NC(=O)c1ccccc1Cl)C(=O)OCC(=O)NC1CCS(=O)(=O)C1. The highest BCUT2D eigenvalue weighted by atomic mass is 35.5. The number of ether oxygens (including phenoxy) is 1. The smallest absolute Gasteiger partial charge is 0.329 e. The normalized spacial score (nSPS) is 19.1. The average molecular weight is 431 g/mol. The maximum Gasteiger partial charge on any atom is 0.329 e. The van der Waals surface area contributed by atoms with E-state index in [1.807, 2.05) is 0 Å². The van der Waals surface area contributed by atoms with Gasteiger partial charge in [0.15, 0.2) is 16.4 Å². The lowest BCUT2D eigenvalue weighted by Crippen LogP contribution is -2.46. The Hall–Kier alpha value is -2.13. The third-order valence-corrected chi connectivity index (χ3v) is 6.37. The van der Waals surface area contributed by atoms with Crippen LogP contribution in [0.1, 0.15) is 30.6 Å². The molecule has 2 atom stereocenters. The molecule has 2 rings (SSSR count). The van der Waals surface area contributed by atoms with Gasteiger partial charge >= 0.3 is 5.97 Å². The standard InChI is InChI=1S/C18H23ClN2O6S/c1-11(2)16(21-17(23)13-5-3-4-6-14(13)19)18(24)27-9-15(22)20-12-7-8-28(25,26)10-12/h3-6,11-12,16H,7-10H2,1-2H3,(H,20,22)(H,21,23)/t12?,16-/m0/s1. The number of carbonyl (C=O) groups is 3. The van der Waals surface area contributed by atoms with Gasteiger partial charge < -0.3 is 15.4 Å². The highest BCUT2D eigenvalue weighted by molar-refractivity contribution is 7.91. The topological polar surface area (TPSA) is 119 Å². The number of hydrogen-bond acceptors (Lipinski definition) is 6. The zero-order valence-electron chi connectivity index (χ0n) is 15.6. The molecule has 1 aromatic rings. The third kappa shape index (κ3) is 6.20. The van der Waals surface area contributed by atoms with Crippen LogP contribution in [-0.4, -0.2) is 56.4 Å². The Morgan fingerprint density at radius 2 is 1.93 bits per heavy atom. The number of rotatable bonds is 7. The minimum Gasteiger partial charge on any atom is -0.454 e. The zero-order chi connectivity index (χ0) is 20.9. The van der Waals surface area contributed by atoms with Crippen LogP contribution in [-0.2, 0) is 24.2 Å². The van der Waals surface area contributed by atoms with Crippen molar-refractivity contribution in [2.75, 3.05) is 18.1 Å². The minimum absolute atomic E-state index is 0.0290. The number of benzene rings is 1. The van der Waals surface area contributed by atoms with Gasteiger partial charge in [-0.2, -0.15) is 0 Å². The van der Waals surface area contributed by atoms with Crippen LogP contribution >= 0.6 is 11.6 Å². The molecule has 28 heavy (non-hydrogen) atoms. The molecule has 1 heterocycles. The van der Waals surface area contributed by atoms with E-state index in [1.165, 1.54) is 6.07 Å². The van der Waals surface area contributed by atoms with E-state index >= 15 is 0 Å². The lowest BCUT2D eigenvalue weighted by Gasteiger charge is -2.21. The summed E-state index contributed by atoms with van der Waals surface area (Å²) in [6.45, 7) is 2.89. The Morgan fingerprint density at radius 1 is 1.25 bits per heavy atom. The molecule has 0 spiro atoms. The first-order chi connectivity index (χ1) is 13.1. The quantitative estimate of drug-likeness (QED) is 0.621. The van der Waals surface area contributed by atoms with E-state index in [1.54, 1.807) is 32.0 Å². The van der Waals surface area contributed by atoms with Crippen molar-refractivity contribution in [3.05, 3.63) is 34.9 Å². The van der Waals surface area contributed by atoms with Gasteiger partial charge in [-0.05, 0) is 24.5 Å². The van der Waals surface area contributed by atoms with Crippen molar-refractivity contribution >= 4 is 39.2 Å². The molecule has 1 saturated heterocycles. The fraction of sp³-hybridized carbons (Fsp3) is 0.500. The van der Waals surface area contributed by atoms with Gasteiger partial charge in [-0.1, -0.05) is 37.6 Å². The summed E-state index contributed by atoms with van der Waals surface area (Å²) in [5.74, 6) is -2.25. The van der Waals surface area contributed by atoms with Crippen molar-refractivity contribution in [2.24, 2.45) is 5.92 Å². The van der Waals surface area contributed by atoms with Crippen LogP contribution in [0, 0.1) is 5.92 Å². The number of carbonyl (C=O) groups excluding carboxylic acids is 3. The summed E-state index contributed by atoms with van der Waals surface area (Å²) in [5, 5.41) is 5.36. The Bertz CT molecular complexity index is 855. The molecule has 2 amide bonds. The van der Waals surface area contributed by atoms with E-state index in [9.17, 15) is 22.8 Å². The van der Waals surface area contributed by atoms with Crippen LogP contribution in [0.15, 0.2) is 24.3 Å². The second-order valence-electron chi connectivity index (χ2n) is 6.95. The van der Waals surface area contributed by atoms with Gasteiger partial charge in [-0.15, -0.1) is 0 Å². The first-order valence-corrected chi connectivity index (χ1v) is 11.0. The van der Waals surface area contributed by atoms with Crippen molar-refractivity contribution in [3.63, 3.8) is 0 Å². The number of esters is 1. The predicted molar refractivity (Wildman–Crippen MR) is 104 cm³/mol. The van der Waals surface area contributed by atoms with Crippen LogP contribution in [0.4, 0.5) is 0 Å². The molecule has 0 bridgehead atoms. The lowest BCUT2D eigenvalue weighted by molar-refractivity contribution is -0.151. The molecule has 8 nitrogen and oxygen atoms in total. The average Bonchev–Trinajstić information content (AvgIpc) is 2.95. The molecule has 1 aromatic carbocycles. The van der Waals surface area contributed by atoms with Crippen LogP contribution < -0.4 is 10.6 Å². The number of hydrogen-bond donors (Lipinski definition) is 2. The van der Waals surface area contributed by atoms with Crippen LogP contribution in [0.2, 0.25) is 5.02 Å². The third-order valence-electron chi connectivity index (χ3n) is 4.27. The molecule has 0 saturated carbocycles. The van der Waals surface area contributed by atoms with Gasteiger partial charge in [0.25, 0.3) is 11.8 Å². The second-order valence-corrected chi connectivity index (χ2v) is 9.59. The van der Waals surface area contributed by atoms with E-state index in [2.05, 4.69) is 10.6 Å². The first kappa shape index (κ1) is 22.2. The highest BCUT2D eigenvalue weighted by Gasteiger charge is 2.30. The Kier molecular flexibility index (Phi) is 7.42. The monoisotopic (exact) mass is 430 g/mol. The Labute approximate surface area is 168 Å². The summed E-state index contributed by atoms with van der Waals surface area (Å²) in [6, 6.07) is 4.98. The van der Waals surface area contributed by atoms with Gasteiger partial charge in [-0.25, -0.2) is 13.2 Å². The van der Waals surface area contributed by atoms with Crippen molar-refractivity contribution in [3.8, 4) is 0 Å². The van der Waals surface area contributed by atoms with Crippen molar-refractivity contribution in [1.82, 2.24) is 10.6 Å². The predicted octanol–water partition coefficient (Wildman–Crippen LogP) is 0.941. The lowest BCUT2D eigenvalue weighted by atomic mass is 10.0. The molecule has 10 heteroatoms. The number of amides is 2. The molecule has 1 fully saturated rings. The summed E-state index contributed by atoms with van der Waals surface area (Å²) >= 11 is 5.99. The number of nitrogens with one attached hydrogen (secondary N) is 2. The molecule has 0 aromatic heterocycles. The van der Waals surface area contributed by atoms with E-state index in [0.717, 1.165) is 0 Å². The maximum atomic E-state index is 12.4. The molecule has 1 aliphatic heterocycles. The Morgan fingerprint density at radius 3 is 2.50 bits per heavy atom. The zero-order valence-corrected chi connectivity index (χ0v) is 17.2. The molecule has 1 aliphatic rings. The molecule has 2 N–H and O–H groups in total. The fourth-order valence-electron chi connectivity index (χ4n) is 2.77. The maximum absolute atomic E-state index is 12.4. The minimum atomic E-state index is -3.12. The van der Waals surface area contributed by atoms with Crippen molar-refractivity contribution in [2.45, 2.75) is 32.4 Å². The fourth-order valence-corrected chi connectivity index (χ4v) is 4.66. The summed E-state index contributed by atoms with van der Waals surface area (Å²) in [6.07, 6.45) is 0.338. The summed E-state index contributed by atoms with van der Waals surface area (Å²) in [4.78, 5) is 36.6. The summed E-state index contributed by atoms with van der Waals surface area (Å²) < 4.78 is 27.8. The van der Waals surface area contributed by atoms with E-state index in [0.29, 0.717) is 6.42 Å². The van der Waals surface area contributed by atoms with Gasteiger partial charge in [0.1, 0.15) is 6.04 Å². The molecular formula is C18H23ClN2O6S. The van der Waals surface area contributed by atoms with E-state index in [-0.39, 0.29) is 28.0 Å². The number of sulfone groups is 1. The largest absolute Gasteiger partial charge is 0.454 e. The second kappa shape index (κ2) is 9.38. The van der Waals surface area contributed by atoms with Gasteiger partial charge in [-0.3, -0.25) is 9.59 Å². The van der Waals surface area contributed by atoms with Gasteiger partial charge in [0.2, 0.25) is 0 Å². The van der Waals surface area contributed by atoms with Gasteiger partial charge in [0, 0.05) is 6.04 Å². The van der Waals surface area contributed by atoms with Gasteiger partial charge in [0.05, 0.1) is 22.1 Å². The van der Waals surface area contributed by atoms with Crippen LogP contribution in [0.25, 0.3) is 0 Å². The molecule has 0 radical (unpaired) electrons. The summed E-state index contributed by atoms with van der Waals surface area (Å²) in [5.41, 5.74) is 0.225. The van der Waals surface area contributed by atoms with E-state index in [4.69, 9.17) is 16.3 Å². The molecule has 1 unspecified atom stereocenters. The van der Waals surface area contributed by atoms with Crippen LogP contribution in [0.3, 0.4) is 0 Å². The Balaban J connectivity index is 1.89. The van der Waals surface area contributed by atoms with Crippen LogP contribution in [0.5, 0.6) is 0 Å². The summed E-state index contributed by atoms with van der Waals surface area (Å²) in [7, 11) is -3.12. The van der Waals surface area contributed by atoms with E-state index < -0.39 is 46.3 Å². The number of halogens is 1.